The summed E-state index contributed by atoms with van der Waals surface area (Å²) >= 11 is 3.42. The topological polar surface area (TPSA) is 47.6 Å². The van der Waals surface area contributed by atoms with E-state index < -0.39 is 0 Å². The van der Waals surface area contributed by atoms with Crippen molar-refractivity contribution < 1.29 is 14.3 Å². The summed E-state index contributed by atoms with van der Waals surface area (Å²) in [7, 11) is 1.39. The van der Waals surface area contributed by atoms with Gasteiger partial charge in [-0.05, 0) is 28.1 Å². The van der Waals surface area contributed by atoms with Gasteiger partial charge >= 0.3 is 5.97 Å². The molecular weight excluding hydrogens is 286 g/mol. The van der Waals surface area contributed by atoms with Gasteiger partial charge in [0.1, 0.15) is 17.9 Å². The van der Waals surface area contributed by atoms with Gasteiger partial charge in [-0.2, -0.15) is 0 Å². The van der Waals surface area contributed by atoms with Crippen LogP contribution in [-0.4, -0.2) is 31.8 Å². The molecule has 92 valence electrons. The molecule has 4 nitrogen and oxygen atoms in total. The quantitative estimate of drug-likeness (QED) is 0.864. The molecule has 1 saturated heterocycles. The van der Waals surface area contributed by atoms with Crippen LogP contribution in [0.4, 0.5) is 0 Å². The Bertz CT molecular complexity index is 410. The van der Waals surface area contributed by atoms with E-state index in [9.17, 15) is 4.79 Å². The molecule has 1 aliphatic heterocycles. The van der Waals surface area contributed by atoms with E-state index in [1.54, 1.807) is 0 Å². The third-order valence-electron chi connectivity index (χ3n) is 2.71. The third kappa shape index (κ3) is 2.98. The van der Waals surface area contributed by atoms with Gasteiger partial charge in [-0.25, -0.2) is 0 Å². The largest absolute Gasteiger partial charge is 0.488 e. The summed E-state index contributed by atoms with van der Waals surface area (Å²) in [6.07, 6.45) is 0.631. The average Bonchev–Trinajstić information content (AvgIpc) is 2.80. The lowest BCUT2D eigenvalue weighted by atomic mass is 10.2. The van der Waals surface area contributed by atoms with Crippen LogP contribution in [0, 0.1) is 0 Å². The molecule has 0 aliphatic carbocycles. The predicted octanol–water partition coefficient (Wildman–Crippen LogP) is 1.73. The molecule has 1 fully saturated rings. The van der Waals surface area contributed by atoms with Gasteiger partial charge in [0.2, 0.25) is 0 Å². The fourth-order valence-corrected chi connectivity index (χ4v) is 2.21. The number of halogens is 1. The number of esters is 1. The summed E-state index contributed by atoms with van der Waals surface area (Å²) in [5.74, 6) is 0.563. The highest BCUT2D eigenvalue weighted by molar-refractivity contribution is 9.10. The number of ether oxygens (including phenoxy) is 2. The van der Waals surface area contributed by atoms with Crippen molar-refractivity contribution in [3.05, 3.63) is 28.7 Å². The Hall–Kier alpha value is -1.07. The van der Waals surface area contributed by atoms with Crippen molar-refractivity contribution in [2.24, 2.45) is 0 Å². The number of carbonyl (C=O) groups excluding carboxylic acids is 1. The first-order chi connectivity index (χ1) is 8.20. The summed E-state index contributed by atoms with van der Waals surface area (Å²) in [6, 6.07) is 7.42. The molecule has 2 atom stereocenters. The van der Waals surface area contributed by atoms with Gasteiger partial charge in [-0.1, -0.05) is 12.1 Å². The first-order valence-corrected chi connectivity index (χ1v) is 6.22. The van der Waals surface area contributed by atoms with Crippen LogP contribution in [0.1, 0.15) is 6.42 Å². The van der Waals surface area contributed by atoms with E-state index >= 15 is 0 Å². The zero-order chi connectivity index (χ0) is 12.3. The van der Waals surface area contributed by atoms with Gasteiger partial charge in [0.25, 0.3) is 0 Å². The van der Waals surface area contributed by atoms with Gasteiger partial charge in [0, 0.05) is 13.0 Å². The minimum atomic E-state index is -0.257. The van der Waals surface area contributed by atoms with Crippen molar-refractivity contribution in [1.29, 1.82) is 0 Å². The highest BCUT2D eigenvalue weighted by atomic mass is 79.9. The second-order valence-electron chi connectivity index (χ2n) is 3.89. The first kappa shape index (κ1) is 12.4. The minimum absolute atomic E-state index is 0.00204. The SMILES string of the molecule is COC(=O)[C@H]1C[C@@H](Oc2ccccc2Br)CN1. The summed E-state index contributed by atoms with van der Waals surface area (Å²) in [6.45, 7) is 0.654. The zero-order valence-corrected chi connectivity index (χ0v) is 11.1. The second-order valence-corrected chi connectivity index (χ2v) is 4.74. The van der Waals surface area contributed by atoms with Gasteiger partial charge in [-0.3, -0.25) is 4.79 Å². The molecule has 1 aliphatic rings. The molecule has 0 radical (unpaired) electrons. The summed E-state index contributed by atoms with van der Waals surface area (Å²) < 4.78 is 11.4. The van der Waals surface area contributed by atoms with Crippen LogP contribution in [-0.2, 0) is 9.53 Å². The number of hydrogen-bond donors (Lipinski definition) is 1. The molecular formula is C12H14BrNO3. The van der Waals surface area contributed by atoms with Crippen molar-refractivity contribution in [2.45, 2.75) is 18.6 Å². The number of carbonyl (C=O) groups is 1. The molecule has 0 spiro atoms. The van der Waals surface area contributed by atoms with E-state index in [-0.39, 0.29) is 18.1 Å². The molecule has 17 heavy (non-hydrogen) atoms. The average molecular weight is 300 g/mol. The third-order valence-corrected chi connectivity index (χ3v) is 3.36. The van der Waals surface area contributed by atoms with Gasteiger partial charge < -0.3 is 14.8 Å². The van der Waals surface area contributed by atoms with Crippen molar-refractivity contribution >= 4 is 21.9 Å². The first-order valence-electron chi connectivity index (χ1n) is 5.43. The summed E-state index contributed by atoms with van der Waals surface area (Å²) in [5, 5.41) is 3.08. The van der Waals surface area contributed by atoms with Crippen LogP contribution in [0.25, 0.3) is 0 Å². The number of benzene rings is 1. The van der Waals surface area contributed by atoms with Crippen LogP contribution in [0.15, 0.2) is 28.7 Å². The lowest BCUT2D eigenvalue weighted by Crippen LogP contribution is -2.31. The molecule has 1 N–H and O–H groups in total. The molecule has 2 rings (SSSR count). The Balaban J connectivity index is 1.94. The molecule has 5 heteroatoms. The molecule has 1 aromatic carbocycles. The lowest BCUT2D eigenvalue weighted by Gasteiger charge is -2.13. The Morgan fingerprint density at radius 1 is 1.47 bits per heavy atom. The van der Waals surface area contributed by atoms with Crippen molar-refractivity contribution in [3.63, 3.8) is 0 Å². The van der Waals surface area contributed by atoms with E-state index in [1.807, 2.05) is 24.3 Å². The Morgan fingerprint density at radius 3 is 2.94 bits per heavy atom. The van der Waals surface area contributed by atoms with Crippen LogP contribution < -0.4 is 10.1 Å². The smallest absolute Gasteiger partial charge is 0.323 e. The summed E-state index contributed by atoms with van der Waals surface area (Å²) in [4.78, 5) is 11.3. The minimum Gasteiger partial charge on any atom is -0.488 e. The number of para-hydroxylation sites is 1. The van der Waals surface area contributed by atoms with Crippen molar-refractivity contribution in [1.82, 2.24) is 5.32 Å². The monoisotopic (exact) mass is 299 g/mol. The molecule has 0 saturated carbocycles. The van der Waals surface area contributed by atoms with E-state index in [1.165, 1.54) is 7.11 Å². The van der Waals surface area contributed by atoms with Crippen molar-refractivity contribution in [3.8, 4) is 5.75 Å². The zero-order valence-electron chi connectivity index (χ0n) is 9.48. The highest BCUT2D eigenvalue weighted by Crippen LogP contribution is 2.26. The maximum atomic E-state index is 11.3. The van der Waals surface area contributed by atoms with E-state index in [4.69, 9.17) is 9.47 Å². The van der Waals surface area contributed by atoms with Crippen molar-refractivity contribution in [2.75, 3.05) is 13.7 Å². The maximum Gasteiger partial charge on any atom is 0.323 e. The van der Waals surface area contributed by atoms with Gasteiger partial charge in [-0.15, -0.1) is 0 Å². The Labute approximate surface area is 108 Å². The highest BCUT2D eigenvalue weighted by Gasteiger charge is 2.31. The van der Waals surface area contributed by atoms with E-state index in [0.717, 1.165) is 10.2 Å². The molecule has 1 heterocycles. The number of methoxy groups -OCH3 is 1. The molecule has 1 aromatic rings. The van der Waals surface area contributed by atoms with E-state index in [0.29, 0.717) is 13.0 Å². The normalized spacial score (nSPS) is 23.4. The maximum absolute atomic E-state index is 11.3. The Morgan fingerprint density at radius 2 is 2.24 bits per heavy atom. The predicted molar refractivity (Wildman–Crippen MR) is 67.0 cm³/mol. The lowest BCUT2D eigenvalue weighted by molar-refractivity contribution is -0.142. The number of hydrogen-bond acceptors (Lipinski definition) is 4. The Kier molecular flexibility index (Phi) is 4.02. The van der Waals surface area contributed by atoms with Crippen LogP contribution in [0.2, 0.25) is 0 Å². The second kappa shape index (κ2) is 5.51. The molecule has 0 bridgehead atoms. The molecule has 0 aromatic heterocycles. The summed E-state index contributed by atoms with van der Waals surface area (Å²) in [5.41, 5.74) is 0. The molecule has 0 amide bonds. The van der Waals surface area contributed by atoms with Gasteiger partial charge in [0.05, 0.1) is 11.6 Å². The number of rotatable bonds is 3. The fourth-order valence-electron chi connectivity index (χ4n) is 1.83. The van der Waals surface area contributed by atoms with Crippen LogP contribution in [0.3, 0.4) is 0 Å². The fraction of sp³-hybridized carbons (Fsp3) is 0.417. The van der Waals surface area contributed by atoms with Crippen LogP contribution >= 0.6 is 15.9 Å². The standard InChI is InChI=1S/C12H14BrNO3/c1-16-12(15)10-6-8(7-14-10)17-11-5-3-2-4-9(11)13/h2-5,8,10,14H,6-7H2,1H3/t8-,10-/m1/s1. The van der Waals surface area contributed by atoms with E-state index in [2.05, 4.69) is 21.2 Å². The van der Waals surface area contributed by atoms with Gasteiger partial charge in [0.15, 0.2) is 0 Å². The van der Waals surface area contributed by atoms with Crippen LogP contribution in [0.5, 0.6) is 5.75 Å². The molecule has 0 unspecified atom stereocenters. The number of nitrogens with one attached hydrogen (secondary N) is 1.